The number of imide groups is 1. The molecule has 1 heterocycles. The van der Waals surface area contributed by atoms with Gasteiger partial charge < -0.3 is 10.6 Å². The lowest BCUT2D eigenvalue weighted by atomic mass is 10.2. The average molecular weight is 296 g/mol. The van der Waals surface area contributed by atoms with Crippen molar-refractivity contribution < 1.29 is 9.59 Å². The largest absolute Gasteiger partial charge is 0.338 e. The molecular weight excluding hydrogens is 272 g/mol. The number of urea groups is 1. The lowest BCUT2D eigenvalue weighted by molar-refractivity contribution is -0.120. The minimum Gasteiger partial charge on any atom is -0.338 e. The van der Waals surface area contributed by atoms with E-state index in [1.165, 1.54) is 4.68 Å². The van der Waals surface area contributed by atoms with Crippen LogP contribution in [-0.4, -0.2) is 39.5 Å². The number of hydrogen-bond acceptors (Lipinski definition) is 5. The Labute approximate surface area is 124 Å². The molecule has 0 bridgehead atoms. The van der Waals surface area contributed by atoms with Crippen molar-refractivity contribution in [3.63, 3.8) is 0 Å². The van der Waals surface area contributed by atoms with Crippen molar-refractivity contribution in [3.8, 4) is 0 Å². The van der Waals surface area contributed by atoms with Gasteiger partial charge >= 0.3 is 6.03 Å². The second kappa shape index (κ2) is 8.35. The highest BCUT2D eigenvalue weighted by Gasteiger charge is 2.10. The topological polar surface area (TPSA) is 101 Å². The maximum absolute atomic E-state index is 11.7. The van der Waals surface area contributed by atoms with Crippen LogP contribution in [0.15, 0.2) is 6.20 Å². The molecule has 8 heteroatoms. The molecule has 1 aromatic rings. The van der Waals surface area contributed by atoms with E-state index in [1.807, 2.05) is 27.7 Å². The van der Waals surface area contributed by atoms with Crippen LogP contribution in [0.2, 0.25) is 0 Å². The molecule has 1 rings (SSSR count). The lowest BCUT2D eigenvalue weighted by Crippen LogP contribution is -2.42. The Bertz CT molecular complexity index is 469. The van der Waals surface area contributed by atoms with Crippen molar-refractivity contribution in [3.05, 3.63) is 11.9 Å². The van der Waals surface area contributed by atoms with Gasteiger partial charge in [0.05, 0.1) is 11.9 Å². The summed E-state index contributed by atoms with van der Waals surface area (Å²) >= 11 is 0. The summed E-state index contributed by atoms with van der Waals surface area (Å²) in [4.78, 5) is 23.1. The Balaban J connectivity index is 2.35. The molecule has 8 nitrogen and oxygen atoms in total. The van der Waals surface area contributed by atoms with Crippen molar-refractivity contribution in [1.82, 2.24) is 30.9 Å². The van der Waals surface area contributed by atoms with Gasteiger partial charge in [-0.15, -0.1) is 5.10 Å². The summed E-state index contributed by atoms with van der Waals surface area (Å²) in [7, 11) is 0. The number of nitrogens with one attached hydrogen (secondary N) is 3. The zero-order chi connectivity index (χ0) is 15.8. The molecular formula is C13H24N6O2. The van der Waals surface area contributed by atoms with Crippen LogP contribution < -0.4 is 16.0 Å². The summed E-state index contributed by atoms with van der Waals surface area (Å²) in [6, 6.07) is -0.140. The van der Waals surface area contributed by atoms with Gasteiger partial charge in [0, 0.05) is 19.1 Å². The van der Waals surface area contributed by atoms with Gasteiger partial charge in [0.1, 0.15) is 6.54 Å². The van der Waals surface area contributed by atoms with Gasteiger partial charge in [-0.05, 0) is 5.92 Å². The normalized spacial score (nSPS) is 11.0. The number of rotatable bonds is 7. The predicted octanol–water partition coefficient (Wildman–Crippen LogP) is 0.258. The number of aromatic nitrogens is 3. The quantitative estimate of drug-likeness (QED) is 0.670. The van der Waals surface area contributed by atoms with E-state index < -0.39 is 11.9 Å². The number of carbonyl (C=O) groups excluding carboxylic acids is 2. The summed E-state index contributed by atoms with van der Waals surface area (Å²) in [5, 5.41) is 15.9. The van der Waals surface area contributed by atoms with E-state index in [0.29, 0.717) is 25.0 Å². The van der Waals surface area contributed by atoms with Crippen LogP contribution in [0.1, 0.15) is 33.4 Å². The second-order valence-corrected chi connectivity index (χ2v) is 5.60. The highest BCUT2D eigenvalue weighted by molar-refractivity contribution is 5.94. The number of hydrogen-bond donors (Lipinski definition) is 3. The van der Waals surface area contributed by atoms with E-state index in [0.717, 1.165) is 5.69 Å². The Kier molecular flexibility index (Phi) is 6.80. The Hall–Kier alpha value is -1.96. The van der Waals surface area contributed by atoms with Crippen LogP contribution in [0.4, 0.5) is 4.79 Å². The Morgan fingerprint density at radius 2 is 2.00 bits per heavy atom. The molecule has 118 valence electrons. The van der Waals surface area contributed by atoms with Crippen molar-refractivity contribution in [1.29, 1.82) is 0 Å². The summed E-state index contributed by atoms with van der Waals surface area (Å²) in [5.41, 5.74) is 0.751. The molecule has 0 radical (unpaired) electrons. The zero-order valence-corrected chi connectivity index (χ0v) is 13.0. The van der Waals surface area contributed by atoms with Crippen molar-refractivity contribution in [2.24, 2.45) is 5.92 Å². The monoisotopic (exact) mass is 296 g/mol. The second-order valence-electron chi connectivity index (χ2n) is 5.60. The molecule has 0 spiro atoms. The predicted molar refractivity (Wildman–Crippen MR) is 78.4 cm³/mol. The Morgan fingerprint density at radius 3 is 2.62 bits per heavy atom. The van der Waals surface area contributed by atoms with E-state index >= 15 is 0 Å². The highest BCUT2D eigenvalue weighted by Crippen LogP contribution is 1.94. The van der Waals surface area contributed by atoms with Crippen LogP contribution in [0.5, 0.6) is 0 Å². The lowest BCUT2D eigenvalue weighted by Gasteiger charge is -2.08. The van der Waals surface area contributed by atoms with Crippen LogP contribution in [0.3, 0.4) is 0 Å². The van der Waals surface area contributed by atoms with Crippen molar-refractivity contribution in [2.75, 3.05) is 6.54 Å². The summed E-state index contributed by atoms with van der Waals surface area (Å²) in [6.45, 7) is 9.10. The maximum atomic E-state index is 11.7. The molecule has 0 aliphatic carbocycles. The molecule has 0 aromatic carbocycles. The third-order valence-corrected chi connectivity index (χ3v) is 2.51. The summed E-state index contributed by atoms with van der Waals surface area (Å²) < 4.78 is 1.41. The first-order chi connectivity index (χ1) is 9.86. The first-order valence-corrected chi connectivity index (χ1v) is 7.07. The van der Waals surface area contributed by atoms with Gasteiger partial charge in [0.15, 0.2) is 0 Å². The number of carbonyl (C=O) groups is 2. The fraction of sp³-hybridized carbons (Fsp3) is 0.692. The SMILES string of the molecule is CC(C)CNC(=O)NC(=O)Cn1cc(CNC(C)C)nn1. The third kappa shape index (κ3) is 7.40. The van der Waals surface area contributed by atoms with E-state index in [2.05, 4.69) is 26.3 Å². The molecule has 3 amide bonds. The Morgan fingerprint density at radius 1 is 1.29 bits per heavy atom. The standard InChI is InChI=1S/C13H24N6O2/c1-9(2)5-15-13(21)16-12(20)8-19-7-11(17-18-19)6-14-10(3)4/h7,9-10,14H,5-6,8H2,1-4H3,(H2,15,16,20,21). The minimum atomic E-state index is -0.490. The molecule has 0 atom stereocenters. The van der Waals surface area contributed by atoms with E-state index in [1.54, 1.807) is 6.20 Å². The first kappa shape index (κ1) is 17.1. The average Bonchev–Trinajstić information content (AvgIpc) is 2.81. The minimum absolute atomic E-state index is 0.0379. The van der Waals surface area contributed by atoms with Gasteiger partial charge in [-0.1, -0.05) is 32.9 Å². The van der Waals surface area contributed by atoms with Crippen molar-refractivity contribution in [2.45, 2.75) is 46.8 Å². The van der Waals surface area contributed by atoms with Gasteiger partial charge in [-0.3, -0.25) is 10.1 Å². The van der Waals surface area contributed by atoms with Crippen molar-refractivity contribution >= 4 is 11.9 Å². The summed E-state index contributed by atoms with van der Waals surface area (Å²) in [5.74, 6) is -0.0956. The molecule has 3 N–H and O–H groups in total. The van der Waals surface area contributed by atoms with Gasteiger partial charge in [0.25, 0.3) is 0 Å². The maximum Gasteiger partial charge on any atom is 0.321 e. The van der Waals surface area contributed by atoms with Crippen LogP contribution in [0.25, 0.3) is 0 Å². The molecule has 0 saturated carbocycles. The molecule has 0 unspecified atom stereocenters. The van der Waals surface area contributed by atoms with Crippen LogP contribution in [-0.2, 0) is 17.9 Å². The van der Waals surface area contributed by atoms with E-state index in [-0.39, 0.29) is 6.54 Å². The van der Waals surface area contributed by atoms with Crippen LogP contribution >= 0.6 is 0 Å². The zero-order valence-electron chi connectivity index (χ0n) is 13.0. The van der Waals surface area contributed by atoms with E-state index in [4.69, 9.17) is 0 Å². The molecule has 21 heavy (non-hydrogen) atoms. The molecule has 0 fully saturated rings. The van der Waals surface area contributed by atoms with Gasteiger partial charge in [-0.2, -0.15) is 0 Å². The fourth-order valence-corrected chi connectivity index (χ4v) is 1.46. The summed E-state index contributed by atoms with van der Waals surface area (Å²) in [6.07, 6.45) is 1.68. The van der Waals surface area contributed by atoms with Crippen LogP contribution in [0, 0.1) is 5.92 Å². The molecule has 0 saturated heterocycles. The van der Waals surface area contributed by atoms with E-state index in [9.17, 15) is 9.59 Å². The number of nitrogens with zero attached hydrogens (tertiary/aromatic N) is 3. The molecule has 0 aliphatic rings. The third-order valence-electron chi connectivity index (χ3n) is 2.51. The molecule has 0 aliphatic heterocycles. The van der Waals surface area contributed by atoms with Gasteiger partial charge in [-0.25, -0.2) is 9.48 Å². The first-order valence-electron chi connectivity index (χ1n) is 7.07. The number of amides is 3. The molecule has 1 aromatic heterocycles. The van der Waals surface area contributed by atoms with Gasteiger partial charge in [0.2, 0.25) is 5.91 Å². The fourth-order valence-electron chi connectivity index (χ4n) is 1.46. The smallest absolute Gasteiger partial charge is 0.321 e. The highest BCUT2D eigenvalue weighted by atomic mass is 16.2.